The number of hydrogen-bond acceptors (Lipinski definition) is 25. The van der Waals surface area contributed by atoms with Crippen molar-refractivity contribution in [2.45, 2.75) is 609 Å². The van der Waals surface area contributed by atoms with Gasteiger partial charge in [-0.25, -0.2) is 0 Å². The highest BCUT2D eigenvalue weighted by atomic mass is 16.8. The van der Waals surface area contributed by atoms with Gasteiger partial charge in [0.05, 0.1) is 6.61 Å². The zero-order valence-electron chi connectivity index (χ0n) is 84.1. The molecule has 2 aliphatic heterocycles. The predicted octanol–water partition coefficient (Wildman–Crippen LogP) is 23.4. The average molecular weight is 1870 g/mol. The van der Waals surface area contributed by atoms with Crippen molar-refractivity contribution >= 4 is 47.8 Å². The summed E-state index contributed by atoms with van der Waals surface area (Å²) in [5.74, 6) is -10.5. The largest absolute Gasteiger partial charge is 0.463 e. The van der Waals surface area contributed by atoms with Crippen LogP contribution in [0.5, 0.6) is 0 Å². The van der Waals surface area contributed by atoms with Crippen LogP contribution in [0.15, 0.2) is 0 Å². The van der Waals surface area contributed by atoms with Crippen LogP contribution in [-0.2, 0) is 90.5 Å². The monoisotopic (exact) mass is 1870 g/mol. The van der Waals surface area contributed by atoms with Gasteiger partial charge in [0, 0.05) is 51.4 Å². The SMILES string of the molecule is CCCCCCCCCCCCCCCC(=O)O[C@@H]1[C@H](OC(=O)CCCCCCCCCCCCCCC)[C@H](O[C@]2(C(O)[C@@H](O)[C@@H](O)[C@H](O)[C@H](O)CO)O[C@H](COC(=O)CCCCC)[C@@H](OC(=O)CCCCC)[C@H](OC(=O)CCCCCCCCCCCCCCC)[C@@H]2OC(=O)CCCCCCCCCCCCCCC)O[C@H](COC(=O)CCCCC)[C@H]1OC(=O)CCCCC. The van der Waals surface area contributed by atoms with E-state index < -0.39 is 159 Å². The Morgan fingerprint density at radius 3 is 0.763 bits per heavy atom. The third-order valence-corrected chi connectivity index (χ3v) is 25.9. The molecule has 0 bridgehead atoms. The molecule has 2 saturated heterocycles. The molecule has 0 spiro atoms. The number of hydrogen-bond donors (Lipinski definition) is 6. The van der Waals surface area contributed by atoms with Gasteiger partial charge in [0.1, 0.15) is 55.9 Å². The van der Waals surface area contributed by atoms with Gasteiger partial charge in [-0.15, -0.1) is 0 Å². The van der Waals surface area contributed by atoms with E-state index in [1.54, 1.807) is 0 Å². The highest BCUT2D eigenvalue weighted by Gasteiger charge is 2.69. The van der Waals surface area contributed by atoms with Gasteiger partial charge in [-0.3, -0.25) is 38.4 Å². The minimum Gasteiger partial charge on any atom is -0.463 e. The summed E-state index contributed by atoms with van der Waals surface area (Å²) in [5, 5.41) is 72.2. The fraction of sp³-hybridized carbons (Fsp3) is 0.925. The van der Waals surface area contributed by atoms with Gasteiger partial charge in [0.25, 0.3) is 0 Å². The minimum absolute atomic E-state index is 0.0696. The van der Waals surface area contributed by atoms with Crippen molar-refractivity contribution in [2.24, 2.45) is 0 Å². The summed E-state index contributed by atoms with van der Waals surface area (Å²) in [7, 11) is 0. The molecule has 0 aromatic heterocycles. The van der Waals surface area contributed by atoms with Crippen LogP contribution in [0, 0.1) is 0 Å². The first-order chi connectivity index (χ1) is 63.7. The lowest BCUT2D eigenvalue weighted by atomic mass is 9.84. The number of carbonyl (C=O) groups is 8. The molecular formula is C106H194O25. The lowest BCUT2D eigenvalue weighted by molar-refractivity contribution is -0.446. The fourth-order valence-electron chi connectivity index (χ4n) is 17.6. The minimum atomic E-state index is -3.56. The van der Waals surface area contributed by atoms with Crippen molar-refractivity contribution in [3.05, 3.63) is 0 Å². The van der Waals surface area contributed by atoms with Crippen LogP contribution in [0.4, 0.5) is 0 Å². The van der Waals surface area contributed by atoms with Crippen molar-refractivity contribution in [2.75, 3.05) is 19.8 Å². The molecule has 1 unspecified atom stereocenters. The summed E-state index contributed by atoms with van der Waals surface area (Å²) < 4.78 is 73.1. The molecular weight excluding hydrogens is 1670 g/mol. The Hall–Kier alpha value is -4.60. The summed E-state index contributed by atoms with van der Waals surface area (Å²) in [6.07, 6.45) is 24.7. The maximum atomic E-state index is 15.5. The summed E-state index contributed by atoms with van der Waals surface area (Å²) in [5.41, 5.74) is 0. The van der Waals surface area contributed by atoms with Crippen molar-refractivity contribution in [3.63, 3.8) is 0 Å². The van der Waals surface area contributed by atoms with Gasteiger partial charge in [0.2, 0.25) is 12.1 Å². The molecule has 25 heteroatoms. The highest BCUT2D eigenvalue weighted by molar-refractivity contribution is 5.74. The smallest absolute Gasteiger partial charge is 0.306 e. The van der Waals surface area contributed by atoms with E-state index in [0.29, 0.717) is 103 Å². The summed E-state index contributed by atoms with van der Waals surface area (Å²) in [6.45, 7) is 13.7. The Labute approximate surface area is 793 Å². The molecule has 25 nitrogen and oxygen atoms in total. The molecule has 0 aromatic carbocycles. The molecule has 6 N–H and O–H groups in total. The first-order valence-corrected chi connectivity index (χ1v) is 54.2. The number of esters is 8. The van der Waals surface area contributed by atoms with E-state index in [4.69, 9.17) is 52.1 Å². The first-order valence-electron chi connectivity index (χ1n) is 54.2. The molecule has 131 heavy (non-hydrogen) atoms. The highest BCUT2D eigenvalue weighted by Crippen LogP contribution is 2.45. The summed E-state index contributed by atoms with van der Waals surface area (Å²) in [6, 6.07) is 0. The third-order valence-electron chi connectivity index (χ3n) is 25.9. The van der Waals surface area contributed by atoms with Crippen LogP contribution >= 0.6 is 0 Å². The maximum absolute atomic E-state index is 15.5. The summed E-state index contributed by atoms with van der Waals surface area (Å²) >= 11 is 0. The molecule has 2 fully saturated rings. The van der Waals surface area contributed by atoms with E-state index in [-0.39, 0.29) is 64.2 Å². The van der Waals surface area contributed by atoms with Crippen LogP contribution in [0.25, 0.3) is 0 Å². The number of ether oxygens (including phenoxy) is 11. The van der Waals surface area contributed by atoms with Gasteiger partial charge in [-0.2, -0.15) is 0 Å². The molecule has 15 atom stereocenters. The molecule has 0 saturated carbocycles. The normalized spacial score (nSPS) is 20.3. The van der Waals surface area contributed by atoms with Crippen LogP contribution in [0.2, 0.25) is 0 Å². The van der Waals surface area contributed by atoms with E-state index in [9.17, 15) is 49.8 Å². The zero-order valence-corrected chi connectivity index (χ0v) is 84.1. The van der Waals surface area contributed by atoms with Crippen molar-refractivity contribution in [1.82, 2.24) is 0 Å². The Morgan fingerprint density at radius 1 is 0.252 bits per heavy atom. The average Bonchev–Trinajstić information content (AvgIpc) is 0.723. The lowest BCUT2D eigenvalue weighted by Gasteiger charge is -2.55. The van der Waals surface area contributed by atoms with E-state index in [2.05, 4.69) is 27.7 Å². The number of rotatable bonds is 90. The van der Waals surface area contributed by atoms with Crippen molar-refractivity contribution in [3.8, 4) is 0 Å². The molecule has 768 valence electrons. The van der Waals surface area contributed by atoms with Crippen LogP contribution in [-0.4, -0.2) is 190 Å². The van der Waals surface area contributed by atoms with Gasteiger partial charge in [-0.05, 0) is 51.4 Å². The Bertz CT molecular complexity index is 2790. The molecule has 2 aliphatic rings. The van der Waals surface area contributed by atoms with Gasteiger partial charge in [0.15, 0.2) is 36.6 Å². The van der Waals surface area contributed by atoms with Gasteiger partial charge in [-0.1, -0.05) is 415 Å². The molecule has 0 radical (unpaired) electrons. The molecule has 0 aromatic rings. The number of carbonyl (C=O) groups excluding carboxylic acids is 8. The maximum Gasteiger partial charge on any atom is 0.306 e. The molecule has 2 rings (SSSR count). The zero-order chi connectivity index (χ0) is 96.0. The molecule has 0 aliphatic carbocycles. The fourth-order valence-corrected chi connectivity index (χ4v) is 17.6. The van der Waals surface area contributed by atoms with Crippen LogP contribution in [0.3, 0.4) is 0 Å². The Kier molecular flexibility index (Phi) is 77.1. The van der Waals surface area contributed by atoms with E-state index in [1.807, 2.05) is 27.7 Å². The van der Waals surface area contributed by atoms with E-state index in [0.717, 1.165) is 154 Å². The van der Waals surface area contributed by atoms with Crippen molar-refractivity contribution in [1.29, 1.82) is 0 Å². The van der Waals surface area contributed by atoms with E-state index in [1.165, 1.54) is 141 Å². The lowest BCUT2D eigenvalue weighted by Crippen LogP contribution is -2.76. The Morgan fingerprint density at radius 2 is 0.473 bits per heavy atom. The number of aliphatic hydroxyl groups is 6. The Balaban J connectivity index is 3.36. The number of aliphatic hydroxyl groups excluding tert-OH is 6. The second-order valence-electron chi connectivity index (χ2n) is 38.1. The second kappa shape index (κ2) is 82.5. The topological polar surface area (TPSA) is 359 Å². The van der Waals surface area contributed by atoms with Gasteiger partial charge >= 0.3 is 47.8 Å². The van der Waals surface area contributed by atoms with Gasteiger partial charge < -0.3 is 82.7 Å². The standard InChI is InChI=1S/C106H194O25/c1-9-17-25-29-33-37-41-45-49-53-57-61-69-77-91(113)126-100-98(124-89(111)75-67-23-15-7)85(82-121-87(109)73-65-21-13-5)123-105(102(100)128-93(115)79-71-63-59-55-51-47-43-39-35-31-27-19-11-3)131-106(103(120)97(119)96(118)95(117)84(108)81-107)104(129-94(116)80-72-64-60-56-52-48-44-40-36-32-28-20-12-4)101(127-92(114)78-70-62-58-54-50-46-42-38-34-30-26-18-10-2)99(125-90(112)76-68-24-16-8)86(130-106)83-122-88(110)74-66-22-14-6/h84-86,95-105,107-108,117-120H,9-83H2,1-8H3/t84-,85-,86-,95-,96+,97+,98-,99-,100+,101+,102+,103?,104+,105+,106+/m1/s1. The van der Waals surface area contributed by atoms with Crippen LogP contribution < -0.4 is 0 Å². The number of unbranched alkanes of at least 4 members (excludes halogenated alkanes) is 56. The van der Waals surface area contributed by atoms with E-state index >= 15 is 19.2 Å². The van der Waals surface area contributed by atoms with Crippen molar-refractivity contribution < 1.29 is 121 Å². The van der Waals surface area contributed by atoms with Crippen LogP contribution in [0.1, 0.15) is 518 Å². The first kappa shape index (κ1) is 122. The third kappa shape index (κ3) is 58.0. The molecule has 0 amide bonds. The molecule has 2 heterocycles. The quantitative estimate of drug-likeness (QED) is 0.0187. The predicted molar refractivity (Wildman–Crippen MR) is 513 cm³/mol. The second-order valence-corrected chi connectivity index (χ2v) is 38.1. The summed E-state index contributed by atoms with van der Waals surface area (Å²) in [4.78, 5) is 119.